The van der Waals surface area contributed by atoms with Gasteiger partial charge in [-0.3, -0.25) is 4.98 Å². The Bertz CT molecular complexity index is 311. The lowest BCUT2D eigenvalue weighted by Crippen LogP contribution is -2.16. The maximum Gasteiger partial charge on any atom is 0.417 e. The molecular weight excluding hydrogens is 221 g/mol. The monoisotopic (exact) mass is 234 g/mol. The Morgan fingerprint density at radius 3 is 2.56 bits per heavy atom. The number of nitrogens with zero attached hydrogens (tertiary/aromatic N) is 1. The van der Waals surface area contributed by atoms with Crippen molar-refractivity contribution < 1.29 is 18.3 Å². The molecule has 0 unspecified atom stereocenters. The molecule has 0 aliphatic rings. The standard InChI is InChI=1S/C10H13F3N2O/c11-10(12,13)8-2-3-9(15-6-8)7-14-4-1-5-16/h2-3,6,14,16H,1,4-5,7H2. The van der Waals surface area contributed by atoms with E-state index in [4.69, 9.17) is 5.11 Å². The van der Waals surface area contributed by atoms with Crippen LogP contribution in [0.4, 0.5) is 13.2 Å². The molecule has 6 heteroatoms. The molecule has 2 N–H and O–H groups in total. The zero-order valence-electron chi connectivity index (χ0n) is 8.59. The molecule has 0 saturated heterocycles. The number of hydrogen-bond acceptors (Lipinski definition) is 3. The molecule has 0 fully saturated rings. The highest BCUT2D eigenvalue weighted by Gasteiger charge is 2.30. The molecule has 0 aliphatic carbocycles. The maximum atomic E-state index is 12.2. The summed E-state index contributed by atoms with van der Waals surface area (Å²) in [6.07, 6.45) is -2.90. The van der Waals surface area contributed by atoms with E-state index in [1.807, 2.05) is 0 Å². The molecule has 0 aliphatic heterocycles. The number of alkyl halides is 3. The molecule has 0 aromatic carbocycles. The van der Waals surface area contributed by atoms with Crippen LogP contribution in [-0.4, -0.2) is 23.2 Å². The first-order chi connectivity index (χ1) is 7.54. The Morgan fingerprint density at radius 1 is 1.31 bits per heavy atom. The van der Waals surface area contributed by atoms with Gasteiger partial charge in [-0.15, -0.1) is 0 Å². The van der Waals surface area contributed by atoms with Crippen LogP contribution in [0.1, 0.15) is 17.7 Å². The minimum atomic E-state index is -4.34. The summed E-state index contributed by atoms with van der Waals surface area (Å²) in [6.45, 7) is 1.10. The summed E-state index contributed by atoms with van der Waals surface area (Å²) in [5.41, 5.74) is -0.197. The fourth-order valence-corrected chi connectivity index (χ4v) is 1.12. The Labute approximate surface area is 91.3 Å². The fourth-order valence-electron chi connectivity index (χ4n) is 1.12. The van der Waals surface area contributed by atoms with Crippen LogP contribution in [0.3, 0.4) is 0 Å². The van der Waals surface area contributed by atoms with Crippen molar-refractivity contribution in [3.63, 3.8) is 0 Å². The Hall–Kier alpha value is -1.14. The van der Waals surface area contributed by atoms with E-state index in [-0.39, 0.29) is 6.61 Å². The van der Waals surface area contributed by atoms with Crippen LogP contribution in [0.2, 0.25) is 0 Å². The maximum absolute atomic E-state index is 12.2. The van der Waals surface area contributed by atoms with Gasteiger partial charge in [-0.1, -0.05) is 0 Å². The molecule has 1 heterocycles. The van der Waals surface area contributed by atoms with Crippen LogP contribution in [0.5, 0.6) is 0 Å². The van der Waals surface area contributed by atoms with Gasteiger partial charge >= 0.3 is 6.18 Å². The van der Waals surface area contributed by atoms with E-state index in [2.05, 4.69) is 10.3 Å². The van der Waals surface area contributed by atoms with Gasteiger partial charge in [-0.2, -0.15) is 13.2 Å². The normalized spacial score (nSPS) is 11.8. The van der Waals surface area contributed by atoms with E-state index in [1.54, 1.807) is 0 Å². The summed E-state index contributed by atoms with van der Waals surface area (Å²) in [7, 11) is 0. The first-order valence-electron chi connectivity index (χ1n) is 4.87. The first-order valence-corrected chi connectivity index (χ1v) is 4.87. The van der Waals surface area contributed by atoms with Gasteiger partial charge in [-0.05, 0) is 25.1 Å². The van der Waals surface area contributed by atoms with E-state index >= 15 is 0 Å². The summed E-state index contributed by atoms with van der Waals surface area (Å²) in [4.78, 5) is 3.70. The number of hydrogen-bond donors (Lipinski definition) is 2. The average molecular weight is 234 g/mol. The van der Waals surface area contributed by atoms with Crippen LogP contribution < -0.4 is 5.32 Å². The summed E-state index contributed by atoms with van der Waals surface area (Å²) in [5, 5.41) is 11.5. The third-order valence-electron chi connectivity index (χ3n) is 1.97. The van der Waals surface area contributed by atoms with E-state index in [1.165, 1.54) is 6.07 Å². The summed E-state index contributed by atoms with van der Waals surface area (Å²) in [6, 6.07) is 2.35. The molecule has 90 valence electrons. The van der Waals surface area contributed by atoms with Crippen molar-refractivity contribution in [2.45, 2.75) is 19.1 Å². The molecule has 1 aromatic rings. The predicted molar refractivity (Wildman–Crippen MR) is 52.6 cm³/mol. The first kappa shape index (κ1) is 12.9. The van der Waals surface area contributed by atoms with Gasteiger partial charge in [0.1, 0.15) is 0 Å². The second-order valence-electron chi connectivity index (χ2n) is 3.29. The Kier molecular flexibility index (Phi) is 4.70. The van der Waals surface area contributed by atoms with Crippen molar-refractivity contribution >= 4 is 0 Å². The van der Waals surface area contributed by atoms with Gasteiger partial charge in [0.25, 0.3) is 0 Å². The molecule has 1 aromatic heterocycles. The summed E-state index contributed by atoms with van der Waals surface area (Å²) >= 11 is 0. The Balaban J connectivity index is 2.46. The van der Waals surface area contributed by atoms with Crippen LogP contribution in [0.25, 0.3) is 0 Å². The van der Waals surface area contributed by atoms with Crippen LogP contribution in [-0.2, 0) is 12.7 Å². The minimum Gasteiger partial charge on any atom is -0.396 e. The number of nitrogens with one attached hydrogen (secondary N) is 1. The van der Waals surface area contributed by atoms with Gasteiger partial charge in [0.15, 0.2) is 0 Å². The smallest absolute Gasteiger partial charge is 0.396 e. The van der Waals surface area contributed by atoms with E-state index in [9.17, 15) is 13.2 Å². The lowest BCUT2D eigenvalue weighted by Gasteiger charge is -2.07. The average Bonchev–Trinajstić information content (AvgIpc) is 2.24. The predicted octanol–water partition coefficient (Wildman–Crippen LogP) is 1.57. The topological polar surface area (TPSA) is 45.1 Å². The van der Waals surface area contributed by atoms with Crippen molar-refractivity contribution in [2.75, 3.05) is 13.2 Å². The number of aromatic nitrogens is 1. The van der Waals surface area contributed by atoms with E-state index in [0.717, 1.165) is 12.3 Å². The van der Waals surface area contributed by atoms with Gasteiger partial charge < -0.3 is 10.4 Å². The lowest BCUT2D eigenvalue weighted by atomic mass is 10.2. The molecule has 16 heavy (non-hydrogen) atoms. The second kappa shape index (κ2) is 5.81. The fraction of sp³-hybridized carbons (Fsp3) is 0.500. The lowest BCUT2D eigenvalue weighted by molar-refractivity contribution is -0.137. The third-order valence-corrected chi connectivity index (χ3v) is 1.97. The van der Waals surface area contributed by atoms with Crippen LogP contribution >= 0.6 is 0 Å². The van der Waals surface area contributed by atoms with Crippen LogP contribution in [0, 0.1) is 0 Å². The number of halogens is 3. The second-order valence-corrected chi connectivity index (χ2v) is 3.29. The number of rotatable bonds is 5. The highest BCUT2D eigenvalue weighted by atomic mass is 19.4. The largest absolute Gasteiger partial charge is 0.417 e. The van der Waals surface area contributed by atoms with Gasteiger partial charge in [0.2, 0.25) is 0 Å². The molecule has 3 nitrogen and oxygen atoms in total. The van der Waals surface area contributed by atoms with Crippen molar-refractivity contribution in [3.8, 4) is 0 Å². The Morgan fingerprint density at radius 2 is 2.06 bits per heavy atom. The van der Waals surface area contributed by atoms with Crippen molar-refractivity contribution in [1.82, 2.24) is 10.3 Å². The summed E-state index contributed by atoms with van der Waals surface area (Å²) in [5.74, 6) is 0. The van der Waals surface area contributed by atoms with Crippen molar-refractivity contribution in [1.29, 1.82) is 0 Å². The highest BCUT2D eigenvalue weighted by Crippen LogP contribution is 2.28. The van der Waals surface area contributed by atoms with E-state index < -0.39 is 11.7 Å². The molecule has 0 spiro atoms. The van der Waals surface area contributed by atoms with Crippen LogP contribution in [0.15, 0.2) is 18.3 Å². The molecule has 0 amide bonds. The molecular formula is C10H13F3N2O. The minimum absolute atomic E-state index is 0.0907. The van der Waals surface area contributed by atoms with Gasteiger partial charge in [0, 0.05) is 19.3 Å². The van der Waals surface area contributed by atoms with Gasteiger partial charge in [-0.25, -0.2) is 0 Å². The number of aliphatic hydroxyl groups excluding tert-OH is 1. The molecule has 0 saturated carbocycles. The highest BCUT2D eigenvalue weighted by molar-refractivity contribution is 5.16. The molecule has 1 rings (SSSR count). The molecule has 0 atom stereocenters. The molecule has 0 bridgehead atoms. The van der Waals surface area contributed by atoms with Gasteiger partial charge in [0.05, 0.1) is 11.3 Å². The zero-order chi connectivity index (χ0) is 12.0. The number of pyridine rings is 1. The third kappa shape index (κ3) is 4.16. The quantitative estimate of drug-likeness (QED) is 0.760. The molecule has 0 radical (unpaired) electrons. The SMILES string of the molecule is OCCCNCc1ccc(C(F)(F)F)cn1. The van der Waals surface area contributed by atoms with Crippen molar-refractivity contribution in [2.24, 2.45) is 0 Å². The van der Waals surface area contributed by atoms with Crippen molar-refractivity contribution in [3.05, 3.63) is 29.6 Å². The van der Waals surface area contributed by atoms with E-state index in [0.29, 0.717) is 25.2 Å². The summed E-state index contributed by atoms with van der Waals surface area (Å²) < 4.78 is 36.6. The number of aliphatic hydroxyl groups is 1. The zero-order valence-corrected chi connectivity index (χ0v) is 8.59.